The van der Waals surface area contributed by atoms with Crippen LogP contribution in [-0.4, -0.2) is 29.5 Å². The van der Waals surface area contributed by atoms with E-state index < -0.39 is 28.3 Å². The highest BCUT2D eigenvalue weighted by Gasteiger charge is 2.33. The number of alkyl halides is 3. The minimum Gasteiger partial charge on any atom is -0.508 e. The molecular formula is C21H18ClF3N2O4. The smallest absolute Gasteiger partial charge is 0.417 e. The summed E-state index contributed by atoms with van der Waals surface area (Å²) in [6.45, 7) is 1.65. The Bertz CT molecular complexity index is 1210. The maximum Gasteiger partial charge on any atom is 0.417 e. The molecule has 0 atom stereocenters. The minimum absolute atomic E-state index is 0.0123. The molecule has 2 N–H and O–H groups in total. The van der Waals surface area contributed by atoms with Gasteiger partial charge < -0.3 is 14.8 Å². The summed E-state index contributed by atoms with van der Waals surface area (Å²) in [5.74, 6) is -0.555. The second-order valence-corrected chi connectivity index (χ2v) is 7.50. The number of benzene rings is 2. The molecule has 2 aromatic carbocycles. The van der Waals surface area contributed by atoms with Gasteiger partial charge in [-0.25, -0.2) is 4.79 Å². The van der Waals surface area contributed by atoms with Crippen LogP contribution in [0.3, 0.4) is 0 Å². The Morgan fingerprint density at radius 1 is 1.23 bits per heavy atom. The lowest BCUT2D eigenvalue weighted by atomic mass is 10.1. The topological polar surface area (TPSA) is 82.8 Å². The lowest BCUT2D eigenvalue weighted by molar-refractivity contribution is -0.137. The monoisotopic (exact) mass is 454 g/mol. The van der Waals surface area contributed by atoms with Crippen LogP contribution in [0.1, 0.15) is 16.7 Å². The van der Waals surface area contributed by atoms with Crippen molar-refractivity contribution < 1.29 is 27.5 Å². The molecule has 0 bridgehead atoms. The molecule has 0 unspecified atom stereocenters. The van der Waals surface area contributed by atoms with Crippen molar-refractivity contribution in [2.24, 2.45) is 0 Å². The quantitative estimate of drug-likeness (QED) is 0.553. The van der Waals surface area contributed by atoms with E-state index in [-0.39, 0.29) is 30.1 Å². The van der Waals surface area contributed by atoms with Gasteiger partial charge in [0.05, 0.1) is 17.1 Å². The number of aromatic hydroxyl groups is 1. The van der Waals surface area contributed by atoms with Crippen LogP contribution in [0.4, 0.5) is 18.9 Å². The molecule has 0 fully saturated rings. The molecule has 31 heavy (non-hydrogen) atoms. The van der Waals surface area contributed by atoms with Crippen LogP contribution < -0.4 is 10.9 Å². The SMILES string of the molecule is Cc1c(O)ccc2c(CN(C)CC(=O)Nc3ccc(Cl)c(C(F)(F)F)c3)cc(=O)oc12. The fourth-order valence-corrected chi connectivity index (χ4v) is 3.38. The van der Waals surface area contributed by atoms with E-state index >= 15 is 0 Å². The third-order valence-corrected chi connectivity index (χ3v) is 4.96. The number of nitrogens with zero attached hydrogens (tertiary/aromatic N) is 1. The Morgan fingerprint density at radius 3 is 2.61 bits per heavy atom. The Kier molecular flexibility index (Phi) is 6.28. The van der Waals surface area contributed by atoms with E-state index in [4.69, 9.17) is 16.0 Å². The lowest BCUT2D eigenvalue weighted by Crippen LogP contribution is -2.30. The van der Waals surface area contributed by atoms with E-state index in [2.05, 4.69) is 5.32 Å². The predicted molar refractivity (Wildman–Crippen MR) is 110 cm³/mol. The standard InChI is InChI=1S/C21H18ClF3N2O4/c1-11-17(28)6-4-14-12(7-19(30)31-20(11)14)9-27(2)10-18(29)26-13-3-5-16(22)15(8-13)21(23,24)25/h3-8,28H,9-10H2,1-2H3,(H,26,29). The number of fused-ring (bicyclic) bond motifs is 1. The van der Waals surface area contributed by atoms with E-state index in [1.807, 2.05) is 0 Å². The Hall–Kier alpha value is -3.04. The molecule has 0 spiro atoms. The number of hydrogen-bond donors (Lipinski definition) is 2. The fraction of sp³-hybridized carbons (Fsp3) is 0.238. The molecule has 0 aliphatic rings. The number of carbonyl (C=O) groups excluding carboxylic acids is 1. The number of phenolic OH excluding ortho intramolecular Hbond substituents is 1. The summed E-state index contributed by atoms with van der Waals surface area (Å²) in [4.78, 5) is 25.8. The van der Waals surface area contributed by atoms with Gasteiger partial charge in [-0.05, 0) is 49.9 Å². The number of phenols is 1. The molecule has 6 nitrogen and oxygen atoms in total. The van der Waals surface area contributed by atoms with Crippen molar-refractivity contribution in [1.29, 1.82) is 0 Å². The zero-order chi connectivity index (χ0) is 22.9. The van der Waals surface area contributed by atoms with Crippen molar-refractivity contribution in [2.45, 2.75) is 19.6 Å². The minimum atomic E-state index is -4.64. The largest absolute Gasteiger partial charge is 0.508 e. The van der Waals surface area contributed by atoms with Crippen LogP contribution in [0.5, 0.6) is 5.75 Å². The summed E-state index contributed by atoms with van der Waals surface area (Å²) in [6, 6.07) is 7.49. The molecule has 164 valence electrons. The van der Waals surface area contributed by atoms with Crippen molar-refractivity contribution in [1.82, 2.24) is 4.90 Å². The van der Waals surface area contributed by atoms with E-state index in [9.17, 15) is 27.9 Å². The Morgan fingerprint density at radius 2 is 1.94 bits per heavy atom. The van der Waals surface area contributed by atoms with Crippen molar-refractivity contribution in [3.8, 4) is 5.75 Å². The summed E-state index contributed by atoms with van der Waals surface area (Å²) < 4.78 is 44.1. The van der Waals surface area contributed by atoms with E-state index in [0.29, 0.717) is 16.5 Å². The van der Waals surface area contributed by atoms with Gasteiger partial charge in [0.2, 0.25) is 5.91 Å². The number of nitrogens with one attached hydrogen (secondary N) is 1. The number of anilines is 1. The van der Waals surface area contributed by atoms with E-state index in [0.717, 1.165) is 12.1 Å². The first-order chi connectivity index (χ1) is 14.5. The summed E-state index contributed by atoms with van der Waals surface area (Å²) in [6.07, 6.45) is -4.64. The van der Waals surface area contributed by atoms with Crippen molar-refractivity contribution in [3.63, 3.8) is 0 Å². The summed E-state index contributed by atoms with van der Waals surface area (Å²) in [5.41, 5.74) is -0.430. The van der Waals surface area contributed by atoms with Crippen LogP contribution in [0.2, 0.25) is 5.02 Å². The third-order valence-electron chi connectivity index (χ3n) is 4.63. The van der Waals surface area contributed by atoms with Crippen LogP contribution in [0.15, 0.2) is 45.6 Å². The zero-order valence-electron chi connectivity index (χ0n) is 16.5. The highest BCUT2D eigenvalue weighted by Crippen LogP contribution is 2.36. The van der Waals surface area contributed by atoms with Gasteiger partial charge in [-0.2, -0.15) is 13.2 Å². The van der Waals surface area contributed by atoms with Gasteiger partial charge in [-0.3, -0.25) is 9.69 Å². The molecule has 3 aromatic rings. The maximum atomic E-state index is 13.0. The van der Waals surface area contributed by atoms with Crippen LogP contribution in [0.25, 0.3) is 11.0 Å². The van der Waals surface area contributed by atoms with Crippen LogP contribution in [0, 0.1) is 6.92 Å². The van der Waals surface area contributed by atoms with Gasteiger partial charge in [0.15, 0.2) is 0 Å². The number of hydrogen-bond acceptors (Lipinski definition) is 5. The molecule has 0 saturated carbocycles. The molecule has 1 amide bonds. The van der Waals surface area contributed by atoms with Crippen LogP contribution in [-0.2, 0) is 17.5 Å². The highest BCUT2D eigenvalue weighted by molar-refractivity contribution is 6.31. The van der Waals surface area contributed by atoms with Gasteiger partial charge in [0.1, 0.15) is 11.3 Å². The summed E-state index contributed by atoms with van der Waals surface area (Å²) in [5, 5.41) is 12.4. The van der Waals surface area contributed by atoms with Crippen LogP contribution >= 0.6 is 11.6 Å². The normalized spacial score (nSPS) is 11.8. The van der Waals surface area contributed by atoms with Gasteiger partial charge in [-0.1, -0.05) is 11.6 Å². The number of likely N-dealkylation sites (N-methyl/N-ethyl adjacent to an activating group) is 1. The molecule has 0 radical (unpaired) electrons. The number of halogens is 4. The number of carbonyl (C=O) groups is 1. The Labute approximate surface area is 179 Å². The van der Waals surface area contributed by atoms with Gasteiger partial charge in [-0.15, -0.1) is 0 Å². The van der Waals surface area contributed by atoms with E-state index in [1.165, 1.54) is 18.2 Å². The lowest BCUT2D eigenvalue weighted by Gasteiger charge is -2.18. The number of aryl methyl sites for hydroxylation is 1. The first kappa shape index (κ1) is 22.6. The second kappa shape index (κ2) is 8.60. The first-order valence-corrected chi connectivity index (χ1v) is 9.44. The molecular weight excluding hydrogens is 437 g/mol. The zero-order valence-corrected chi connectivity index (χ0v) is 17.3. The third kappa shape index (κ3) is 5.18. The van der Waals surface area contributed by atoms with Gasteiger partial charge in [0, 0.05) is 29.2 Å². The van der Waals surface area contributed by atoms with Crippen molar-refractivity contribution >= 4 is 34.2 Å². The fourth-order valence-electron chi connectivity index (χ4n) is 3.16. The molecule has 3 rings (SSSR count). The number of rotatable bonds is 5. The van der Waals surface area contributed by atoms with Gasteiger partial charge in [0.25, 0.3) is 0 Å². The molecule has 10 heteroatoms. The summed E-state index contributed by atoms with van der Waals surface area (Å²) in [7, 11) is 1.62. The summed E-state index contributed by atoms with van der Waals surface area (Å²) >= 11 is 5.58. The average molecular weight is 455 g/mol. The molecule has 0 aliphatic carbocycles. The van der Waals surface area contributed by atoms with E-state index in [1.54, 1.807) is 24.9 Å². The first-order valence-electron chi connectivity index (χ1n) is 9.06. The molecule has 1 heterocycles. The predicted octanol–water partition coefficient (Wildman–Crippen LogP) is 4.55. The highest BCUT2D eigenvalue weighted by atomic mass is 35.5. The number of amides is 1. The maximum absolute atomic E-state index is 13.0. The molecule has 0 saturated heterocycles. The molecule has 1 aromatic heterocycles. The average Bonchev–Trinajstić information content (AvgIpc) is 2.65. The van der Waals surface area contributed by atoms with Gasteiger partial charge >= 0.3 is 11.8 Å². The molecule has 0 aliphatic heterocycles. The van der Waals surface area contributed by atoms with Crippen molar-refractivity contribution in [2.75, 3.05) is 18.9 Å². The Balaban J connectivity index is 1.75. The van der Waals surface area contributed by atoms with Crippen molar-refractivity contribution in [3.05, 3.63) is 68.5 Å². The second-order valence-electron chi connectivity index (χ2n) is 7.09.